The lowest BCUT2D eigenvalue weighted by Crippen LogP contribution is -2.29. The number of nitrogens with two attached hydrogens (primary N) is 1. The maximum absolute atomic E-state index is 12.4. The topological polar surface area (TPSA) is 77.2 Å². The van der Waals surface area contributed by atoms with Gasteiger partial charge in [-0.2, -0.15) is 0 Å². The molecule has 0 saturated heterocycles. The second kappa shape index (κ2) is 10.2. The van der Waals surface area contributed by atoms with Crippen molar-refractivity contribution in [2.75, 3.05) is 11.9 Å². The van der Waals surface area contributed by atoms with Gasteiger partial charge in [0, 0.05) is 30.1 Å². The summed E-state index contributed by atoms with van der Waals surface area (Å²) in [5, 5.41) is 2.99. The van der Waals surface area contributed by atoms with E-state index in [1.165, 1.54) is 0 Å². The van der Waals surface area contributed by atoms with E-state index in [2.05, 4.69) is 10.3 Å². The number of ether oxygens (including phenoxy) is 1. The molecule has 1 saturated carbocycles. The summed E-state index contributed by atoms with van der Waals surface area (Å²) < 4.78 is 5.76. The zero-order valence-electron chi connectivity index (χ0n) is 13.8. The number of nitrogens with one attached hydrogen (secondary N) is 1. The van der Waals surface area contributed by atoms with Crippen LogP contribution in [0.5, 0.6) is 11.5 Å². The SMILES string of the molecule is Cl.Cl.NC[C@H]1CCC[C@H]1C(=O)Nc1cccc(Oc2ccncc2)c1. The Kier molecular flexibility index (Phi) is 8.69. The van der Waals surface area contributed by atoms with Gasteiger partial charge >= 0.3 is 0 Å². The van der Waals surface area contributed by atoms with Crippen molar-refractivity contribution in [3.63, 3.8) is 0 Å². The van der Waals surface area contributed by atoms with Crippen LogP contribution in [0.2, 0.25) is 0 Å². The molecular weight excluding hydrogens is 361 g/mol. The Balaban J connectivity index is 0.00000156. The molecule has 1 aliphatic rings. The van der Waals surface area contributed by atoms with Gasteiger partial charge in [0.05, 0.1) is 0 Å². The Morgan fingerprint density at radius 3 is 2.64 bits per heavy atom. The highest BCUT2D eigenvalue weighted by Crippen LogP contribution is 2.32. The number of hydrogen-bond donors (Lipinski definition) is 2. The lowest BCUT2D eigenvalue weighted by atomic mass is 9.95. The first-order valence-corrected chi connectivity index (χ1v) is 7.95. The summed E-state index contributed by atoms with van der Waals surface area (Å²) in [6.07, 6.45) is 6.38. The van der Waals surface area contributed by atoms with Crippen LogP contribution in [0, 0.1) is 11.8 Å². The fourth-order valence-corrected chi connectivity index (χ4v) is 3.08. The van der Waals surface area contributed by atoms with Gasteiger partial charge in [0.1, 0.15) is 11.5 Å². The van der Waals surface area contributed by atoms with Crippen LogP contribution in [0.1, 0.15) is 19.3 Å². The molecule has 25 heavy (non-hydrogen) atoms. The van der Waals surface area contributed by atoms with Crippen molar-refractivity contribution in [3.05, 3.63) is 48.8 Å². The molecule has 1 heterocycles. The second-order valence-electron chi connectivity index (χ2n) is 5.84. The quantitative estimate of drug-likeness (QED) is 0.816. The number of halogens is 2. The number of aromatic nitrogens is 1. The predicted molar refractivity (Wildman–Crippen MR) is 104 cm³/mol. The summed E-state index contributed by atoms with van der Waals surface area (Å²) in [7, 11) is 0. The van der Waals surface area contributed by atoms with E-state index >= 15 is 0 Å². The van der Waals surface area contributed by atoms with Crippen LogP contribution >= 0.6 is 24.8 Å². The van der Waals surface area contributed by atoms with Gasteiger partial charge in [-0.05, 0) is 49.6 Å². The Bertz CT molecular complexity index is 670. The Morgan fingerprint density at radius 2 is 1.92 bits per heavy atom. The molecule has 7 heteroatoms. The zero-order valence-corrected chi connectivity index (χ0v) is 15.4. The van der Waals surface area contributed by atoms with Gasteiger partial charge in [-0.15, -0.1) is 24.8 Å². The van der Waals surface area contributed by atoms with Crippen molar-refractivity contribution in [1.29, 1.82) is 0 Å². The Labute approximate surface area is 160 Å². The molecule has 136 valence electrons. The minimum atomic E-state index is 0. The third-order valence-corrected chi connectivity index (χ3v) is 4.29. The summed E-state index contributed by atoms with van der Waals surface area (Å²) in [5.41, 5.74) is 6.50. The molecular formula is C18H23Cl2N3O2. The Hall–Kier alpha value is -1.82. The fourth-order valence-electron chi connectivity index (χ4n) is 3.08. The first kappa shape index (κ1) is 21.2. The average Bonchev–Trinajstić information content (AvgIpc) is 3.05. The number of anilines is 1. The highest BCUT2D eigenvalue weighted by atomic mass is 35.5. The van der Waals surface area contributed by atoms with Crippen LogP contribution < -0.4 is 15.8 Å². The van der Waals surface area contributed by atoms with E-state index in [1.54, 1.807) is 24.5 Å². The molecule has 1 aromatic carbocycles. The first-order valence-electron chi connectivity index (χ1n) is 7.95. The van der Waals surface area contributed by atoms with Gasteiger partial charge in [-0.1, -0.05) is 12.5 Å². The van der Waals surface area contributed by atoms with Gasteiger partial charge in [0.25, 0.3) is 0 Å². The second-order valence-corrected chi connectivity index (χ2v) is 5.84. The number of nitrogens with zero attached hydrogens (tertiary/aromatic N) is 1. The maximum atomic E-state index is 12.4. The van der Waals surface area contributed by atoms with E-state index in [-0.39, 0.29) is 36.6 Å². The van der Waals surface area contributed by atoms with Crippen LogP contribution in [0.3, 0.4) is 0 Å². The number of pyridine rings is 1. The average molecular weight is 384 g/mol. The van der Waals surface area contributed by atoms with Gasteiger partial charge in [-0.25, -0.2) is 0 Å². The molecule has 1 aromatic heterocycles. The molecule has 1 aliphatic carbocycles. The number of amides is 1. The highest BCUT2D eigenvalue weighted by molar-refractivity contribution is 5.93. The van der Waals surface area contributed by atoms with Gasteiger partial charge in [0.15, 0.2) is 0 Å². The molecule has 3 N–H and O–H groups in total. The summed E-state index contributed by atoms with van der Waals surface area (Å²) in [5.74, 6) is 1.76. The normalized spacial score (nSPS) is 18.6. The van der Waals surface area contributed by atoms with Crippen molar-refractivity contribution in [2.24, 2.45) is 17.6 Å². The number of rotatable bonds is 5. The molecule has 1 fully saturated rings. The number of hydrogen-bond acceptors (Lipinski definition) is 4. The minimum absolute atomic E-state index is 0. The number of carbonyl (C=O) groups is 1. The highest BCUT2D eigenvalue weighted by Gasteiger charge is 2.31. The van der Waals surface area contributed by atoms with Gasteiger partial charge < -0.3 is 15.8 Å². The van der Waals surface area contributed by atoms with Gasteiger partial charge in [-0.3, -0.25) is 9.78 Å². The van der Waals surface area contributed by atoms with Crippen LogP contribution in [-0.4, -0.2) is 17.4 Å². The zero-order chi connectivity index (χ0) is 16.1. The van der Waals surface area contributed by atoms with Crippen molar-refractivity contribution >= 4 is 36.4 Å². The minimum Gasteiger partial charge on any atom is -0.457 e. The van der Waals surface area contributed by atoms with Crippen LogP contribution in [0.25, 0.3) is 0 Å². The lowest BCUT2D eigenvalue weighted by molar-refractivity contribution is -0.120. The molecule has 0 unspecified atom stereocenters. The molecule has 0 spiro atoms. The monoisotopic (exact) mass is 383 g/mol. The molecule has 1 amide bonds. The van der Waals surface area contributed by atoms with Crippen LogP contribution in [-0.2, 0) is 4.79 Å². The molecule has 0 bridgehead atoms. The summed E-state index contributed by atoms with van der Waals surface area (Å²) in [6.45, 7) is 0.573. The molecule has 0 aliphatic heterocycles. The molecule has 0 radical (unpaired) electrons. The van der Waals surface area contributed by atoms with E-state index in [0.29, 0.717) is 24.0 Å². The summed E-state index contributed by atoms with van der Waals surface area (Å²) >= 11 is 0. The molecule has 3 rings (SSSR count). The smallest absolute Gasteiger partial charge is 0.227 e. The number of carbonyl (C=O) groups excluding carboxylic acids is 1. The third kappa shape index (κ3) is 5.59. The van der Waals surface area contributed by atoms with E-state index < -0.39 is 0 Å². The van der Waals surface area contributed by atoms with E-state index in [9.17, 15) is 4.79 Å². The molecule has 5 nitrogen and oxygen atoms in total. The van der Waals surface area contributed by atoms with Crippen molar-refractivity contribution in [3.8, 4) is 11.5 Å². The predicted octanol–water partition coefficient (Wildman–Crippen LogP) is 4.03. The van der Waals surface area contributed by atoms with Crippen molar-refractivity contribution in [1.82, 2.24) is 4.98 Å². The van der Waals surface area contributed by atoms with Gasteiger partial charge in [0.2, 0.25) is 5.91 Å². The van der Waals surface area contributed by atoms with Crippen LogP contribution in [0.4, 0.5) is 5.69 Å². The van der Waals surface area contributed by atoms with E-state index in [0.717, 1.165) is 24.9 Å². The summed E-state index contributed by atoms with van der Waals surface area (Å²) in [6, 6.07) is 11.0. The van der Waals surface area contributed by atoms with Crippen molar-refractivity contribution in [2.45, 2.75) is 19.3 Å². The fraction of sp³-hybridized carbons (Fsp3) is 0.333. The number of benzene rings is 1. The van der Waals surface area contributed by atoms with Crippen molar-refractivity contribution < 1.29 is 9.53 Å². The standard InChI is InChI=1S/C18H21N3O2.2ClH/c19-12-13-3-1-6-17(13)18(22)21-14-4-2-5-16(11-14)23-15-7-9-20-10-8-15;;/h2,4-5,7-11,13,17H,1,3,6,12,19H2,(H,21,22);2*1H/t13-,17-;;/m1../s1. The molecule has 2 atom stereocenters. The third-order valence-electron chi connectivity index (χ3n) is 4.29. The first-order chi connectivity index (χ1) is 11.3. The molecule has 2 aromatic rings. The van der Waals surface area contributed by atoms with Crippen LogP contribution in [0.15, 0.2) is 48.8 Å². The Morgan fingerprint density at radius 1 is 1.16 bits per heavy atom. The van der Waals surface area contributed by atoms with E-state index in [1.807, 2.05) is 24.3 Å². The lowest BCUT2D eigenvalue weighted by Gasteiger charge is -2.17. The largest absolute Gasteiger partial charge is 0.457 e. The summed E-state index contributed by atoms with van der Waals surface area (Å²) in [4.78, 5) is 16.4. The van der Waals surface area contributed by atoms with E-state index in [4.69, 9.17) is 10.5 Å². The maximum Gasteiger partial charge on any atom is 0.227 e.